The van der Waals surface area contributed by atoms with Crippen molar-refractivity contribution in [3.8, 4) is 11.3 Å². The van der Waals surface area contributed by atoms with Crippen molar-refractivity contribution in [2.75, 3.05) is 29.0 Å². The van der Waals surface area contributed by atoms with Crippen molar-refractivity contribution >= 4 is 17.1 Å². The molecule has 1 aromatic carbocycles. The fourth-order valence-electron chi connectivity index (χ4n) is 4.13. The van der Waals surface area contributed by atoms with Gasteiger partial charge < -0.3 is 21.7 Å². The number of hydrogen-bond donors (Lipinski definition) is 3. The molecule has 0 bridgehead atoms. The molecule has 3 heterocycles. The summed E-state index contributed by atoms with van der Waals surface area (Å²) in [5.74, 6) is -4.57. The SMILES string of the molecule is Nc1cc(F)c(-c2c(F)cccc2F)nc1CNc1cnccc1N1CC(N)CC(C(F)(F)F)C1. The van der Waals surface area contributed by atoms with Crippen LogP contribution in [0.15, 0.2) is 42.7 Å². The minimum absolute atomic E-state index is 0.0712. The average molecular weight is 496 g/mol. The van der Waals surface area contributed by atoms with E-state index in [0.717, 1.165) is 24.3 Å². The highest BCUT2D eigenvalue weighted by Crippen LogP contribution is 2.37. The lowest BCUT2D eigenvalue weighted by molar-refractivity contribution is -0.177. The molecule has 12 heteroatoms. The topological polar surface area (TPSA) is 93.1 Å². The zero-order chi connectivity index (χ0) is 25.3. The van der Waals surface area contributed by atoms with Crippen molar-refractivity contribution in [3.05, 3.63) is 65.9 Å². The molecule has 186 valence electrons. The first-order chi connectivity index (χ1) is 16.5. The third-order valence-corrected chi connectivity index (χ3v) is 5.82. The van der Waals surface area contributed by atoms with E-state index in [1.54, 1.807) is 6.07 Å². The highest BCUT2D eigenvalue weighted by molar-refractivity contribution is 5.70. The largest absolute Gasteiger partial charge is 0.397 e. The van der Waals surface area contributed by atoms with Crippen LogP contribution in [0.3, 0.4) is 0 Å². The van der Waals surface area contributed by atoms with Gasteiger partial charge in [-0.2, -0.15) is 13.2 Å². The predicted octanol–water partition coefficient (Wildman–Crippen LogP) is 4.47. The third kappa shape index (κ3) is 5.26. The van der Waals surface area contributed by atoms with Crippen LogP contribution in [-0.4, -0.2) is 35.3 Å². The van der Waals surface area contributed by atoms with Gasteiger partial charge >= 0.3 is 6.18 Å². The first-order valence-electron chi connectivity index (χ1n) is 10.7. The third-order valence-electron chi connectivity index (χ3n) is 5.82. The Hall–Kier alpha value is -3.54. The standard InChI is InChI=1S/C23H22F6N6/c24-14-2-1-3-15(25)21(14)22-16(26)7-17(31)18(34-22)9-33-19-8-32-5-4-20(19)35-10-12(23(27,28)29)6-13(30)11-35/h1-5,7-8,12-13,33H,6,9-11,30-31H2. The van der Waals surface area contributed by atoms with Gasteiger partial charge in [0.2, 0.25) is 0 Å². The van der Waals surface area contributed by atoms with Gasteiger partial charge in [0.15, 0.2) is 5.82 Å². The Balaban J connectivity index is 1.61. The molecular weight excluding hydrogens is 474 g/mol. The summed E-state index contributed by atoms with van der Waals surface area (Å²) in [5.41, 5.74) is 11.4. The normalized spacial score (nSPS) is 18.5. The zero-order valence-electron chi connectivity index (χ0n) is 18.3. The number of nitrogen functional groups attached to an aromatic ring is 1. The van der Waals surface area contributed by atoms with Gasteiger partial charge in [-0.15, -0.1) is 0 Å². The van der Waals surface area contributed by atoms with Crippen LogP contribution in [0.25, 0.3) is 11.3 Å². The Morgan fingerprint density at radius 3 is 2.46 bits per heavy atom. The Morgan fingerprint density at radius 1 is 1.06 bits per heavy atom. The van der Waals surface area contributed by atoms with Crippen LogP contribution in [-0.2, 0) is 6.54 Å². The van der Waals surface area contributed by atoms with Crippen molar-refractivity contribution in [1.29, 1.82) is 0 Å². The lowest BCUT2D eigenvalue weighted by atomic mass is 9.93. The number of alkyl halides is 3. The molecule has 0 saturated carbocycles. The highest BCUT2D eigenvalue weighted by Gasteiger charge is 2.44. The monoisotopic (exact) mass is 496 g/mol. The fraction of sp³-hybridized carbons (Fsp3) is 0.304. The predicted molar refractivity (Wildman–Crippen MR) is 120 cm³/mol. The summed E-state index contributed by atoms with van der Waals surface area (Å²) >= 11 is 0. The maximum absolute atomic E-state index is 14.5. The second kappa shape index (κ2) is 9.61. The molecule has 3 aromatic rings. The number of hydrogen-bond acceptors (Lipinski definition) is 6. The number of nitrogens with one attached hydrogen (secondary N) is 1. The number of piperidine rings is 1. The van der Waals surface area contributed by atoms with Gasteiger partial charge in [0, 0.05) is 31.4 Å². The van der Waals surface area contributed by atoms with Crippen LogP contribution in [0.4, 0.5) is 43.4 Å². The highest BCUT2D eigenvalue weighted by atomic mass is 19.4. The quantitative estimate of drug-likeness (QED) is 0.452. The van der Waals surface area contributed by atoms with Gasteiger partial charge in [0.1, 0.15) is 17.3 Å². The van der Waals surface area contributed by atoms with E-state index in [4.69, 9.17) is 11.5 Å². The number of anilines is 3. The number of aromatic nitrogens is 2. The van der Waals surface area contributed by atoms with Crippen LogP contribution in [0.5, 0.6) is 0 Å². The number of nitrogens with two attached hydrogens (primary N) is 2. The van der Waals surface area contributed by atoms with Gasteiger partial charge in [-0.25, -0.2) is 18.2 Å². The minimum atomic E-state index is -4.39. The van der Waals surface area contributed by atoms with Crippen molar-refractivity contribution in [3.63, 3.8) is 0 Å². The molecule has 1 aliphatic heterocycles. The van der Waals surface area contributed by atoms with Crippen LogP contribution in [0.2, 0.25) is 0 Å². The fourth-order valence-corrected chi connectivity index (χ4v) is 4.13. The minimum Gasteiger partial charge on any atom is -0.397 e. The summed E-state index contributed by atoms with van der Waals surface area (Å²) in [5, 5.41) is 2.98. The number of benzene rings is 1. The van der Waals surface area contributed by atoms with E-state index in [2.05, 4.69) is 15.3 Å². The molecule has 0 aliphatic carbocycles. The molecular formula is C23H22F6N6. The molecule has 35 heavy (non-hydrogen) atoms. The molecule has 0 spiro atoms. The van der Waals surface area contributed by atoms with E-state index in [0.29, 0.717) is 11.4 Å². The lowest BCUT2D eigenvalue weighted by Gasteiger charge is -2.39. The molecule has 4 rings (SSSR count). The summed E-state index contributed by atoms with van der Waals surface area (Å²) in [7, 11) is 0. The molecule has 1 aliphatic rings. The Morgan fingerprint density at radius 2 is 1.77 bits per heavy atom. The second-order valence-electron chi connectivity index (χ2n) is 8.34. The number of nitrogens with zero attached hydrogens (tertiary/aromatic N) is 3. The summed E-state index contributed by atoms with van der Waals surface area (Å²) in [6.45, 7) is -0.182. The molecule has 1 fully saturated rings. The van der Waals surface area contributed by atoms with Crippen LogP contribution in [0.1, 0.15) is 12.1 Å². The summed E-state index contributed by atoms with van der Waals surface area (Å²) in [6, 6.07) is 4.89. The van der Waals surface area contributed by atoms with Gasteiger partial charge in [-0.05, 0) is 24.6 Å². The molecule has 1 saturated heterocycles. The molecule has 2 unspecified atom stereocenters. The van der Waals surface area contributed by atoms with E-state index in [-0.39, 0.29) is 37.4 Å². The van der Waals surface area contributed by atoms with Crippen molar-refractivity contribution < 1.29 is 26.3 Å². The molecule has 6 nitrogen and oxygen atoms in total. The zero-order valence-corrected chi connectivity index (χ0v) is 18.3. The Bertz CT molecular complexity index is 1200. The van der Waals surface area contributed by atoms with E-state index in [1.165, 1.54) is 17.3 Å². The Kier molecular flexibility index (Phi) is 6.75. The van der Waals surface area contributed by atoms with Gasteiger partial charge in [-0.3, -0.25) is 4.98 Å². The van der Waals surface area contributed by atoms with Crippen molar-refractivity contribution in [2.45, 2.75) is 25.2 Å². The van der Waals surface area contributed by atoms with Crippen LogP contribution in [0, 0.1) is 23.4 Å². The molecule has 0 amide bonds. The summed E-state index contributed by atoms with van der Waals surface area (Å²) < 4.78 is 83.0. The first kappa shape index (κ1) is 24.6. The van der Waals surface area contributed by atoms with Gasteiger partial charge in [0.05, 0.1) is 47.0 Å². The smallest absolute Gasteiger partial charge is 0.393 e. The molecule has 5 N–H and O–H groups in total. The lowest BCUT2D eigenvalue weighted by Crippen LogP contribution is -2.51. The average Bonchev–Trinajstić information content (AvgIpc) is 2.79. The van der Waals surface area contributed by atoms with E-state index in [9.17, 15) is 26.3 Å². The van der Waals surface area contributed by atoms with Crippen LogP contribution < -0.4 is 21.7 Å². The van der Waals surface area contributed by atoms with Gasteiger partial charge in [0.25, 0.3) is 0 Å². The molecule has 2 atom stereocenters. The summed E-state index contributed by atoms with van der Waals surface area (Å²) in [6.07, 6.45) is -1.71. The van der Waals surface area contributed by atoms with Crippen molar-refractivity contribution in [2.24, 2.45) is 11.7 Å². The number of halogens is 6. The van der Waals surface area contributed by atoms with Gasteiger partial charge in [-0.1, -0.05) is 6.07 Å². The van der Waals surface area contributed by atoms with E-state index >= 15 is 0 Å². The van der Waals surface area contributed by atoms with Crippen molar-refractivity contribution in [1.82, 2.24) is 9.97 Å². The first-order valence-corrected chi connectivity index (χ1v) is 10.7. The summed E-state index contributed by atoms with van der Waals surface area (Å²) in [4.78, 5) is 9.57. The number of rotatable bonds is 5. The second-order valence-corrected chi connectivity index (χ2v) is 8.34. The maximum Gasteiger partial charge on any atom is 0.393 e. The molecule has 0 radical (unpaired) electrons. The number of pyridine rings is 2. The molecule has 2 aromatic heterocycles. The van der Waals surface area contributed by atoms with E-state index < -0.39 is 46.8 Å². The Labute approximate surface area is 197 Å². The maximum atomic E-state index is 14.5. The van der Waals surface area contributed by atoms with E-state index in [1.807, 2.05) is 0 Å². The van der Waals surface area contributed by atoms with Crippen LogP contribution >= 0.6 is 0 Å².